The molecule has 21 heavy (non-hydrogen) atoms. The van der Waals surface area contributed by atoms with Gasteiger partial charge in [-0.3, -0.25) is 4.79 Å². The van der Waals surface area contributed by atoms with E-state index in [0.29, 0.717) is 13.0 Å². The van der Waals surface area contributed by atoms with Gasteiger partial charge in [-0.2, -0.15) is 0 Å². The first-order chi connectivity index (χ1) is 9.99. The number of carbonyl (C=O) groups excluding carboxylic acids is 3. The van der Waals surface area contributed by atoms with E-state index in [1.165, 1.54) is 7.11 Å². The Kier molecular flexibility index (Phi) is 4.69. The van der Waals surface area contributed by atoms with E-state index in [1.807, 2.05) is 6.92 Å². The van der Waals surface area contributed by atoms with Crippen molar-refractivity contribution in [1.82, 2.24) is 10.2 Å². The fraction of sp³-hybridized carbons (Fsp3) is 0.786. The quantitative estimate of drug-likeness (QED) is 0.774. The zero-order valence-electron chi connectivity index (χ0n) is 12.6. The Morgan fingerprint density at radius 2 is 2.10 bits per heavy atom. The average molecular weight is 298 g/mol. The Hall–Kier alpha value is -1.79. The van der Waals surface area contributed by atoms with Crippen LogP contribution in [0.2, 0.25) is 0 Å². The third-order valence-electron chi connectivity index (χ3n) is 4.25. The van der Waals surface area contributed by atoms with Gasteiger partial charge in [0.1, 0.15) is 12.1 Å². The summed E-state index contributed by atoms with van der Waals surface area (Å²) >= 11 is 0. The van der Waals surface area contributed by atoms with Crippen LogP contribution in [-0.2, 0) is 19.1 Å². The first-order valence-corrected chi connectivity index (χ1v) is 7.32. The number of esters is 1. The molecule has 0 aromatic carbocycles. The van der Waals surface area contributed by atoms with Crippen molar-refractivity contribution in [2.75, 3.05) is 13.7 Å². The molecule has 0 aromatic heterocycles. The second-order valence-electron chi connectivity index (χ2n) is 5.57. The van der Waals surface area contributed by atoms with Crippen LogP contribution in [0.3, 0.4) is 0 Å². The molecule has 2 aliphatic heterocycles. The van der Waals surface area contributed by atoms with E-state index in [1.54, 1.807) is 11.8 Å². The minimum Gasteiger partial charge on any atom is -0.464 e. The molecule has 2 saturated heterocycles. The Labute approximate surface area is 123 Å². The summed E-state index contributed by atoms with van der Waals surface area (Å²) in [5.74, 6) is -0.571. The van der Waals surface area contributed by atoms with Crippen LogP contribution in [0, 0.1) is 5.92 Å². The summed E-state index contributed by atoms with van der Waals surface area (Å²) in [6, 6.07) is -1.13. The molecule has 7 nitrogen and oxygen atoms in total. The molecule has 0 spiro atoms. The number of nitrogens with one attached hydrogen (secondary N) is 1. The lowest BCUT2D eigenvalue weighted by Gasteiger charge is -2.40. The number of ether oxygens (including phenoxy) is 2. The van der Waals surface area contributed by atoms with Crippen LogP contribution in [0.5, 0.6) is 0 Å². The van der Waals surface area contributed by atoms with Crippen LogP contribution in [0.1, 0.15) is 33.1 Å². The van der Waals surface area contributed by atoms with Gasteiger partial charge in [-0.15, -0.1) is 0 Å². The third-order valence-corrected chi connectivity index (χ3v) is 4.25. The van der Waals surface area contributed by atoms with E-state index >= 15 is 0 Å². The number of hydrogen-bond acceptors (Lipinski definition) is 5. The average Bonchev–Trinajstić information content (AvgIpc) is 2.87. The van der Waals surface area contributed by atoms with E-state index in [2.05, 4.69) is 10.1 Å². The van der Waals surface area contributed by atoms with Gasteiger partial charge in [-0.25, -0.2) is 9.59 Å². The number of alkyl carbamates (subject to hydrolysis) is 1. The van der Waals surface area contributed by atoms with Gasteiger partial charge in [0.25, 0.3) is 0 Å². The Bertz CT molecular complexity index is 439. The molecule has 1 unspecified atom stereocenters. The molecule has 1 N–H and O–H groups in total. The topological polar surface area (TPSA) is 84.9 Å². The van der Waals surface area contributed by atoms with Crippen LogP contribution >= 0.6 is 0 Å². The van der Waals surface area contributed by atoms with Crippen molar-refractivity contribution in [3.05, 3.63) is 0 Å². The molecule has 2 aliphatic rings. The first-order valence-electron chi connectivity index (χ1n) is 7.32. The lowest BCUT2D eigenvalue weighted by atomic mass is 9.88. The molecule has 0 radical (unpaired) electrons. The predicted molar refractivity (Wildman–Crippen MR) is 73.4 cm³/mol. The van der Waals surface area contributed by atoms with E-state index in [-0.39, 0.29) is 23.8 Å². The second kappa shape index (κ2) is 6.32. The van der Waals surface area contributed by atoms with Gasteiger partial charge < -0.3 is 19.7 Å². The van der Waals surface area contributed by atoms with E-state index < -0.39 is 18.2 Å². The molecule has 0 saturated carbocycles. The molecular formula is C14H22N2O5. The minimum absolute atomic E-state index is 0.0128. The zero-order valence-corrected chi connectivity index (χ0v) is 12.6. The van der Waals surface area contributed by atoms with Gasteiger partial charge in [0.15, 0.2) is 0 Å². The Balaban J connectivity index is 2.14. The molecule has 118 valence electrons. The summed E-state index contributed by atoms with van der Waals surface area (Å²) in [6.45, 7) is 3.96. The van der Waals surface area contributed by atoms with Crippen molar-refractivity contribution >= 4 is 18.0 Å². The molecule has 2 fully saturated rings. The molecule has 0 aromatic rings. The number of methoxy groups -OCH3 is 1. The van der Waals surface area contributed by atoms with Crippen molar-refractivity contribution in [2.24, 2.45) is 5.92 Å². The Morgan fingerprint density at radius 3 is 2.71 bits per heavy atom. The number of rotatable bonds is 3. The van der Waals surface area contributed by atoms with Crippen molar-refractivity contribution in [3.63, 3.8) is 0 Å². The van der Waals surface area contributed by atoms with E-state index in [4.69, 9.17) is 4.74 Å². The number of amides is 2. The summed E-state index contributed by atoms with van der Waals surface area (Å²) in [5, 5.41) is 2.57. The van der Waals surface area contributed by atoms with Crippen molar-refractivity contribution < 1.29 is 23.9 Å². The second-order valence-corrected chi connectivity index (χ2v) is 5.57. The van der Waals surface area contributed by atoms with Gasteiger partial charge in [0, 0.05) is 6.04 Å². The van der Waals surface area contributed by atoms with Crippen molar-refractivity contribution in [2.45, 2.75) is 51.2 Å². The van der Waals surface area contributed by atoms with Crippen LogP contribution in [0.25, 0.3) is 0 Å². The van der Waals surface area contributed by atoms with E-state index in [9.17, 15) is 14.4 Å². The van der Waals surface area contributed by atoms with Gasteiger partial charge in [0.05, 0.1) is 13.7 Å². The van der Waals surface area contributed by atoms with Crippen molar-refractivity contribution in [1.29, 1.82) is 0 Å². The summed E-state index contributed by atoms with van der Waals surface area (Å²) in [4.78, 5) is 37.6. The number of fused-ring (bicyclic) bond motifs is 1. The maximum atomic E-state index is 12.6. The molecule has 7 heteroatoms. The summed E-state index contributed by atoms with van der Waals surface area (Å²) in [5.41, 5.74) is 0. The van der Waals surface area contributed by atoms with Crippen LogP contribution in [0.4, 0.5) is 4.79 Å². The summed E-state index contributed by atoms with van der Waals surface area (Å²) in [7, 11) is 1.26. The maximum Gasteiger partial charge on any atom is 0.407 e. The maximum absolute atomic E-state index is 12.6. The smallest absolute Gasteiger partial charge is 0.407 e. The lowest BCUT2D eigenvalue weighted by Crippen LogP contribution is -2.60. The van der Waals surface area contributed by atoms with Gasteiger partial charge in [0.2, 0.25) is 5.91 Å². The van der Waals surface area contributed by atoms with Gasteiger partial charge in [-0.1, -0.05) is 6.92 Å². The number of carbonyl (C=O) groups is 3. The minimum atomic E-state index is -0.649. The van der Waals surface area contributed by atoms with Crippen LogP contribution in [-0.4, -0.2) is 54.7 Å². The summed E-state index contributed by atoms with van der Waals surface area (Å²) < 4.78 is 9.60. The van der Waals surface area contributed by atoms with Crippen molar-refractivity contribution in [3.8, 4) is 0 Å². The highest BCUT2D eigenvalue weighted by Crippen LogP contribution is 2.35. The molecule has 0 aliphatic carbocycles. The van der Waals surface area contributed by atoms with Crippen LogP contribution in [0.15, 0.2) is 0 Å². The molecule has 0 bridgehead atoms. The highest BCUT2D eigenvalue weighted by atomic mass is 16.5. The van der Waals surface area contributed by atoms with Crippen LogP contribution < -0.4 is 5.32 Å². The van der Waals surface area contributed by atoms with Gasteiger partial charge >= 0.3 is 12.1 Å². The Morgan fingerprint density at radius 1 is 1.38 bits per heavy atom. The fourth-order valence-corrected chi connectivity index (χ4v) is 3.28. The fourth-order valence-electron chi connectivity index (χ4n) is 3.28. The molecule has 4 atom stereocenters. The highest BCUT2D eigenvalue weighted by Gasteiger charge is 2.49. The monoisotopic (exact) mass is 298 g/mol. The first kappa shape index (κ1) is 15.6. The van der Waals surface area contributed by atoms with E-state index in [0.717, 1.165) is 12.8 Å². The number of nitrogens with zero attached hydrogens (tertiary/aromatic N) is 1. The third kappa shape index (κ3) is 2.96. The molecule has 2 heterocycles. The predicted octanol–water partition coefficient (Wildman–Crippen LogP) is 0.673. The number of piperidine rings is 1. The molecule has 2 amide bonds. The zero-order chi connectivity index (χ0) is 15.6. The summed E-state index contributed by atoms with van der Waals surface area (Å²) in [6.07, 6.45) is 1.54. The molecule has 2 rings (SSSR count). The van der Waals surface area contributed by atoms with Gasteiger partial charge in [-0.05, 0) is 32.1 Å². The number of hydrogen-bond donors (Lipinski definition) is 1. The largest absolute Gasteiger partial charge is 0.464 e. The normalized spacial score (nSPS) is 31.6. The molecular weight excluding hydrogens is 276 g/mol. The highest BCUT2D eigenvalue weighted by molar-refractivity contribution is 5.91. The SMILES string of the molecule is CCOC(=O)[C@@H]1CC[C@@H]2C[C@H](C)C(NC(=O)OC)C(=O)N21. The lowest BCUT2D eigenvalue weighted by molar-refractivity contribution is -0.157. The standard InChI is InChI=1S/C14H22N2O5/c1-4-21-13(18)10-6-5-9-7-8(2)11(12(17)16(9)10)15-14(19)20-3/h8-11H,4-7H2,1-3H3,(H,15,19)/t8-,9+,10-,11?/m0/s1.